The number of carbonyl (C=O) groups is 1. The van der Waals surface area contributed by atoms with Crippen molar-refractivity contribution in [1.29, 1.82) is 0 Å². The Hall–Kier alpha value is -1.90. The third-order valence-corrected chi connectivity index (χ3v) is 1.48. The van der Waals surface area contributed by atoms with E-state index < -0.39 is 5.97 Å². The zero-order valence-corrected chi connectivity index (χ0v) is 7.44. The molecule has 0 aromatic heterocycles. The van der Waals surface area contributed by atoms with E-state index in [1.165, 1.54) is 24.3 Å². The lowest BCUT2D eigenvalue weighted by atomic mass is 10.2. The van der Waals surface area contributed by atoms with Crippen LogP contribution in [0.25, 0.3) is 6.08 Å². The van der Waals surface area contributed by atoms with Crippen LogP contribution in [0.15, 0.2) is 43.2 Å². The quantitative estimate of drug-likeness (QED) is 0.418. The third-order valence-electron chi connectivity index (χ3n) is 1.48. The third kappa shape index (κ3) is 3.23. The van der Waals surface area contributed by atoms with Gasteiger partial charge < -0.3 is 4.74 Å². The lowest BCUT2D eigenvalue weighted by Crippen LogP contribution is -1.92. The van der Waals surface area contributed by atoms with E-state index in [0.29, 0.717) is 0 Å². The Morgan fingerprint density at radius 1 is 1.36 bits per heavy atom. The van der Waals surface area contributed by atoms with Crippen molar-refractivity contribution in [1.82, 2.24) is 0 Å². The SMILES string of the molecule is C=COC(=O)/C=C/c1ccc(F)cc1. The minimum atomic E-state index is -0.510. The van der Waals surface area contributed by atoms with Crippen LogP contribution < -0.4 is 0 Å². The molecule has 0 heterocycles. The van der Waals surface area contributed by atoms with E-state index in [1.54, 1.807) is 12.1 Å². The number of rotatable bonds is 3. The van der Waals surface area contributed by atoms with Gasteiger partial charge in [-0.15, -0.1) is 0 Å². The number of benzene rings is 1. The van der Waals surface area contributed by atoms with Crippen LogP contribution in [0.4, 0.5) is 4.39 Å². The number of hydrogen-bond donors (Lipinski definition) is 0. The monoisotopic (exact) mass is 192 g/mol. The first-order valence-corrected chi connectivity index (χ1v) is 3.97. The second-order valence-electron chi connectivity index (χ2n) is 2.49. The first kappa shape index (κ1) is 10.2. The van der Waals surface area contributed by atoms with Crippen LogP contribution in [0.2, 0.25) is 0 Å². The molecule has 0 aliphatic heterocycles. The average Bonchev–Trinajstić information content (AvgIpc) is 2.17. The maximum atomic E-state index is 12.5. The molecule has 1 rings (SSSR count). The van der Waals surface area contributed by atoms with E-state index in [2.05, 4.69) is 11.3 Å². The summed E-state index contributed by atoms with van der Waals surface area (Å²) in [6.07, 6.45) is 3.83. The van der Waals surface area contributed by atoms with Crippen LogP contribution >= 0.6 is 0 Å². The summed E-state index contributed by atoms with van der Waals surface area (Å²) in [5.74, 6) is -0.819. The molecule has 3 heteroatoms. The number of halogens is 1. The number of esters is 1. The minimum absolute atomic E-state index is 0.309. The molecule has 1 aromatic rings. The van der Waals surface area contributed by atoms with E-state index >= 15 is 0 Å². The molecule has 0 atom stereocenters. The van der Waals surface area contributed by atoms with Gasteiger partial charge in [0.05, 0.1) is 6.26 Å². The summed E-state index contributed by atoms with van der Waals surface area (Å²) in [6.45, 7) is 3.24. The predicted molar refractivity (Wildman–Crippen MR) is 51.7 cm³/mol. The van der Waals surface area contributed by atoms with Crippen molar-refractivity contribution < 1.29 is 13.9 Å². The molecular formula is C11H9FO2. The van der Waals surface area contributed by atoms with E-state index in [0.717, 1.165) is 11.8 Å². The summed E-state index contributed by atoms with van der Waals surface area (Å²) in [5, 5.41) is 0. The van der Waals surface area contributed by atoms with Crippen LogP contribution in [-0.2, 0) is 9.53 Å². The van der Waals surface area contributed by atoms with Gasteiger partial charge in [-0.05, 0) is 23.8 Å². The Kier molecular flexibility index (Phi) is 3.61. The molecule has 0 radical (unpaired) electrons. The normalized spacial score (nSPS) is 10.1. The molecule has 0 aliphatic carbocycles. The van der Waals surface area contributed by atoms with Crippen molar-refractivity contribution in [3.05, 3.63) is 54.6 Å². The highest BCUT2D eigenvalue weighted by Crippen LogP contribution is 2.04. The smallest absolute Gasteiger partial charge is 0.335 e. The molecular weight excluding hydrogens is 183 g/mol. The summed E-state index contributed by atoms with van der Waals surface area (Å²) in [7, 11) is 0. The summed E-state index contributed by atoms with van der Waals surface area (Å²) >= 11 is 0. The summed E-state index contributed by atoms with van der Waals surface area (Å²) < 4.78 is 16.9. The number of ether oxygens (including phenoxy) is 1. The number of hydrogen-bond acceptors (Lipinski definition) is 2. The van der Waals surface area contributed by atoms with Crippen molar-refractivity contribution >= 4 is 12.0 Å². The average molecular weight is 192 g/mol. The zero-order valence-electron chi connectivity index (χ0n) is 7.44. The van der Waals surface area contributed by atoms with Gasteiger partial charge >= 0.3 is 5.97 Å². The molecule has 0 N–H and O–H groups in total. The number of carbonyl (C=O) groups excluding carboxylic acids is 1. The largest absolute Gasteiger partial charge is 0.432 e. The van der Waals surface area contributed by atoms with E-state index in [9.17, 15) is 9.18 Å². The Morgan fingerprint density at radius 3 is 2.57 bits per heavy atom. The topological polar surface area (TPSA) is 26.3 Å². The van der Waals surface area contributed by atoms with Crippen molar-refractivity contribution in [2.45, 2.75) is 0 Å². The standard InChI is InChI=1S/C11H9FO2/c1-2-14-11(13)8-5-9-3-6-10(12)7-4-9/h2-8H,1H2/b8-5+. The second kappa shape index (κ2) is 4.97. The van der Waals surface area contributed by atoms with Gasteiger partial charge in [-0.3, -0.25) is 0 Å². The summed E-state index contributed by atoms with van der Waals surface area (Å²) in [6, 6.07) is 5.76. The molecule has 0 bridgehead atoms. The van der Waals surface area contributed by atoms with Gasteiger partial charge in [-0.1, -0.05) is 18.7 Å². The molecule has 0 spiro atoms. The Balaban J connectivity index is 2.64. The molecule has 0 aliphatic rings. The maximum Gasteiger partial charge on any atom is 0.335 e. The highest BCUT2D eigenvalue weighted by molar-refractivity contribution is 5.87. The zero-order chi connectivity index (χ0) is 10.4. The van der Waals surface area contributed by atoms with Crippen LogP contribution in [0, 0.1) is 5.82 Å². The lowest BCUT2D eigenvalue weighted by molar-refractivity contribution is -0.132. The fourth-order valence-corrected chi connectivity index (χ4v) is 0.860. The maximum absolute atomic E-state index is 12.5. The Bertz CT molecular complexity index is 352. The highest BCUT2D eigenvalue weighted by atomic mass is 19.1. The van der Waals surface area contributed by atoms with Gasteiger partial charge in [-0.25, -0.2) is 9.18 Å². The fraction of sp³-hybridized carbons (Fsp3) is 0. The van der Waals surface area contributed by atoms with Gasteiger partial charge in [0.1, 0.15) is 5.82 Å². The molecule has 72 valence electrons. The van der Waals surface area contributed by atoms with Crippen LogP contribution in [0.3, 0.4) is 0 Å². The second-order valence-corrected chi connectivity index (χ2v) is 2.49. The van der Waals surface area contributed by atoms with Gasteiger partial charge in [0.25, 0.3) is 0 Å². The predicted octanol–water partition coefficient (Wildman–Crippen LogP) is 2.53. The first-order chi connectivity index (χ1) is 6.72. The first-order valence-electron chi connectivity index (χ1n) is 3.97. The minimum Gasteiger partial charge on any atom is -0.432 e. The highest BCUT2D eigenvalue weighted by Gasteiger charge is 1.93. The molecule has 0 saturated heterocycles. The van der Waals surface area contributed by atoms with Crippen LogP contribution in [0.5, 0.6) is 0 Å². The molecule has 0 amide bonds. The molecule has 0 unspecified atom stereocenters. The van der Waals surface area contributed by atoms with Gasteiger partial charge in [0, 0.05) is 6.08 Å². The molecule has 2 nitrogen and oxygen atoms in total. The van der Waals surface area contributed by atoms with E-state index in [1.807, 2.05) is 0 Å². The van der Waals surface area contributed by atoms with Crippen molar-refractivity contribution in [2.24, 2.45) is 0 Å². The lowest BCUT2D eigenvalue weighted by Gasteiger charge is -1.93. The van der Waals surface area contributed by atoms with Gasteiger partial charge in [0.15, 0.2) is 0 Å². The summed E-state index contributed by atoms with van der Waals surface area (Å²) in [4.78, 5) is 10.8. The van der Waals surface area contributed by atoms with Crippen molar-refractivity contribution in [3.8, 4) is 0 Å². The summed E-state index contributed by atoms with van der Waals surface area (Å²) in [5.41, 5.74) is 0.729. The van der Waals surface area contributed by atoms with E-state index in [-0.39, 0.29) is 5.82 Å². The Morgan fingerprint density at radius 2 is 2.00 bits per heavy atom. The van der Waals surface area contributed by atoms with Crippen molar-refractivity contribution in [2.75, 3.05) is 0 Å². The fourth-order valence-electron chi connectivity index (χ4n) is 0.860. The van der Waals surface area contributed by atoms with Crippen LogP contribution in [-0.4, -0.2) is 5.97 Å². The molecule has 1 aromatic carbocycles. The van der Waals surface area contributed by atoms with E-state index in [4.69, 9.17) is 0 Å². The van der Waals surface area contributed by atoms with Gasteiger partial charge in [-0.2, -0.15) is 0 Å². The van der Waals surface area contributed by atoms with Gasteiger partial charge in [0.2, 0.25) is 0 Å². The molecule has 14 heavy (non-hydrogen) atoms. The molecule has 0 fully saturated rings. The van der Waals surface area contributed by atoms with Crippen LogP contribution in [0.1, 0.15) is 5.56 Å². The van der Waals surface area contributed by atoms with Crippen molar-refractivity contribution in [3.63, 3.8) is 0 Å². The Labute approximate surface area is 81.3 Å². The molecule has 0 saturated carbocycles.